The first-order chi connectivity index (χ1) is 12.3. The minimum absolute atomic E-state index is 0.0923. The molecule has 0 saturated heterocycles. The van der Waals surface area contributed by atoms with Gasteiger partial charge in [0.25, 0.3) is 5.91 Å². The highest BCUT2D eigenvalue weighted by molar-refractivity contribution is 6.40. The van der Waals surface area contributed by atoms with Gasteiger partial charge in [-0.05, 0) is 18.2 Å². The van der Waals surface area contributed by atoms with Crippen molar-refractivity contribution >= 4 is 47.3 Å². The van der Waals surface area contributed by atoms with Crippen molar-refractivity contribution < 1.29 is 19.1 Å². The third-order valence-electron chi connectivity index (χ3n) is 2.67. The van der Waals surface area contributed by atoms with E-state index >= 15 is 0 Å². The van der Waals surface area contributed by atoms with Gasteiger partial charge in [-0.3, -0.25) is 14.4 Å². The second kappa shape index (κ2) is 12.9. The molecule has 0 fully saturated rings. The van der Waals surface area contributed by atoms with E-state index in [1.54, 1.807) is 50.3 Å². The van der Waals surface area contributed by atoms with E-state index in [4.69, 9.17) is 23.2 Å². The third kappa shape index (κ3) is 9.19. The topological polar surface area (TPSA) is 88.1 Å². The second-order valence-corrected chi connectivity index (χ2v) is 5.69. The molecular weight excluding hydrogens is 381 g/mol. The number of carbonyl (C=O) groups is 3. The molecule has 0 spiro atoms. The quantitative estimate of drug-likeness (QED) is 0.354. The highest BCUT2D eigenvalue weighted by Gasteiger charge is 2.15. The summed E-state index contributed by atoms with van der Waals surface area (Å²) in [6.07, 6.45) is 3.92. The van der Waals surface area contributed by atoms with Gasteiger partial charge in [-0.15, -0.1) is 0 Å². The molecule has 2 amide bonds. The molecule has 0 aliphatic heterocycles. The lowest BCUT2D eigenvalue weighted by Gasteiger charge is -2.09. The first-order valence-electron chi connectivity index (χ1n) is 7.45. The lowest BCUT2D eigenvalue weighted by atomic mass is 10.2. The molecule has 0 radical (unpaired) electrons. The maximum atomic E-state index is 12.1. The highest BCUT2D eigenvalue weighted by Crippen LogP contribution is 2.23. The molecule has 1 aromatic rings. The molecule has 0 saturated carbocycles. The number of ether oxygens (including phenoxy) is 1. The van der Waals surface area contributed by atoms with Crippen LogP contribution >= 0.6 is 23.2 Å². The smallest absolute Gasteiger partial charge is 0.305 e. The number of aliphatic imine (C=N–C) groups is 1. The Kier molecular flexibility index (Phi) is 11.7. The number of nitrogens with one attached hydrogen (secondary N) is 1. The summed E-state index contributed by atoms with van der Waals surface area (Å²) in [5.74, 6) is -0.603. The van der Waals surface area contributed by atoms with Gasteiger partial charge >= 0.3 is 5.97 Å². The molecule has 0 aromatic heterocycles. The van der Waals surface area contributed by atoms with E-state index in [0.717, 1.165) is 0 Å². The third-order valence-corrected chi connectivity index (χ3v) is 3.30. The average molecular weight is 402 g/mol. The lowest BCUT2D eigenvalue weighted by molar-refractivity contribution is -0.140. The number of halogens is 2. The zero-order valence-corrected chi connectivity index (χ0v) is 16.5. The van der Waals surface area contributed by atoms with Gasteiger partial charge in [0, 0.05) is 26.7 Å². The van der Waals surface area contributed by atoms with Gasteiger partial charge < -0.3 is 15.0 Å². The number of esters is 1. The highest BCUT2D eigenvalue weighted by atomic mass is 35.5. The predicted octanol–water partition coefficient (Wildman–Crippen LogP) is 2.92. The molecule has 0 unspecified atom stereocenters. The van der Waals surface area contributed by atoms with Crippen molar-refractivity contribution in [3.8, 4) is 0 Å². The van der Waals surface area contributed by atoms with Crippen LogP contribution < -0.4 is 5.32 Å². The number of benzene rings is 1. The molecule has 7 nitrogen and oxygen atoms in total. The summed E-state index contributed by atoms with van der Waals surface area (Å²) >= 11 is 11.9. The standard InChI is InChI=1S/C13H13Cl2N3O2.C4H8O2/c1-18(2)7-6-11(16-8-19)17-13(20)12-9(14)4-3-5-10(12)15;1-3-4(5)6-2/h3-8H,1-2H3,(H,16,17,19,20);3H2,1-2H3/b7-6-;. The molecule has 0 bridgehead atoms. The summed E-state index contributed by atoms with van der Waals surface area (Å²) in [6, 6.07) is 4.73. The summed E-state index contributed by atoms with van der Waals surface area (Å²) in [5.41, 5.74) is 0.132. The Balaban J connectivity index is 0.000000896. The van der Waals surface area contributed by atoms with Gasteiger partial charge in [-0.1, -0.05) is 36.2 Å². The Morgan fingerprint density at radius 3 is 2.23 bits per heavy atom. The first-order valence-corrected chi connectivity index (χ1v) is 8.20. The van der Waals surface area contributed by atoms with E-state index in [-0.39, 0.29) is 27.4 Å². The van der Waals surface area contributed by atoms with Crippen molar-refractivity contribution in [2.24, 2.45) is 4.99 Å². The van der Waals surface area contributed by atoms with Crippen LogP contribution in [0.3, 0.4) is 0 Å². The number of carbonyl (C=O) groups excluding carboxylic acids is 3. The number of hydrogen-bond acceptors (Lipinski definition) is 5. The van der Waals surface area contributed by atoms with Crippen molar-refractivity contribution in [1.82, 2.24) is 10.2 Å². The van der Waals surface area contributed by atoms with Crippen molar-refractivity contribution in [2.75, 3.05) is 21.2 Å². The number of hydrogen-bond donors (Lipinski definition) is 1. The van der Waals surface area contributed by atoms with Crippen LogP contribution in [0, 0.1) is 0 Å². The summed E-state index contributed by atoms with van der Waals surface area (Å²) in [4.78, 5) is 37.8. The van der Waals surface area contributed by atoms with Crippen LogP contribution in [-0.2, 0) is 14.3 Å². The number of amides is 2. The Labute approximate surface area is 162 Å². The number of rotatable bonds is 5. The zero-order valence-electron chi connectivity index (χ0n) is 15.0. The maximum Gasteiger partial charge on any atom is 0.305 e. The summed E-state index contributed by atoms with van der Waals surface area (Å²) in [7, 11) is 4.97. The lowest BCUT2D eigenvalue weighted by Crippen LogP contribution is -2.30. The molecule has 0 heterocycles. The Morgan fingerprint density at radius 2 is 1.85 bits per heavy atom. The fraction of sp³-hybridized carbons (Fsp3) is 0.294. The van der Waals surface area contributed by atoms with Crippen LogP contribution in [0.1, 0.15) is 23.7 Å². The molecule has 142 valence electrons. The molecule has 0 atom stereocenters. The van der Waals surface area contributed by atoms with Crippen LogP contribution in [0.5, 0.6) is 0 Å². The molecule has 26 heavy (non-hydrogen) atoms. The van der Waals surface area contributed by atoms with E-state index < -0.39 is 5.91 Å². The monoisotopic (exact) mass is 401 g/mol. The van der Waals surface area contributed by atoms with Gasteiger partial charge in [-0.25, -0.2) is 0 Å². The normalized spacial score (nSPS) is 10.6. The number of amidine groups is 1. The molecule has 1 N–H and O–H groups in total. The van der Waals surface area contributed by atoms with Gasteiger partial charge in [0.1, 0.15) is 5.84 Å². The van der Waals surface area contributed by atoms with Crippen LogP contribution in [0.4, 0.5) is 0 Å². The van der Waals surface area contributed by atoms with Crippen molar-refractivity contribution in [3.05, 3.63) is 46.1 Å². The SMILES string of the molecule is CCC(=O)OC.CN(C)/C=C\C(=NC=O)NC(=O)c1c(Cl)cccc1Cl. The van der Waals surface area contributed by atoms with Gasteiger partial charge in [0.15, 0.2) is 0 Å². The van der Waals surface area contributed by atoms with Crippen molar-refractivity contribution in [2.45, 2.75) is 13.3 Å². The van der Waals surface area contributed by atoms with Gasteiger partial charge in [0.05, 0.1) is 22.7 Å². The molecule has 9 heteroatoms. The summed E-state index contributed by atoms with van der Waals surface area (Å²) < 4.78 is 4.26. The van der Waals surface area contributed by atoms with E-state index in [0.29, 0.717) is 12.8 Å². The second-order valence-electron chi connectivity index (χ2n) is 4.88. The summed E-state index contributed by atoms with van der Waals surface area (Å²) in [6.45, 7) is 1.76. The largest absolute Gasteiger partial charge is 0.469 e. The van der Waals surface area contributed by atoms with Crippen LogP contribution in [0.2, 0.25) is 10.0 Å². The Hall–Kier alpha value is -2.38. The van der Waals surface area contributed by atoms with E-state index in [2.05, 4.69) is 15.0 Å². The maximum absolute atomic E-state index is 12.1. The molecule has 0 aliphatic carbocycles. The zero-order chi connectivity index (χ0) is 20.1. The first kappa shape index (κ1) is 23.6. The minimum atomic E-state index is -0.537. The van der Waals surface area contributed by atoms with Gasteiger partial charge in [0.2, 0.25) is 6.41 Å². The molecule has 1 aromatic carbocycles. The van der Waals surface area contributed by atoms with Crippen LogP contribution in [0.25, 0.3) is 0 Å². The number of methoxy groups -OCH3 is 1. The predicted molar refractivity (Wildman–Crippen MR) is 103 cm³/mol. The molecular formula is C17H21Cl2N3O4. The van der Waals surface area contributed by atoms with E-state index in [1.807, 2.05) is 0 Å². The number of nitrogens with zero attached hydrogens (tertiary/aromatic N) is 2. The Bertz CT molecular complexity index is 662. The average Bonchev–Trinajstić information content (AvgIpc) is 2.59. The minimum Gasteiger partial charge on any atom is -0.469 e. The van der Waals surface area contributed by atoms with Crippen LogP contribution in [-0.4, -0.2) is 50.2 Å². The van der Waals surface area contributed by atoms with Crippen molar-refractivity contribution in [3.63, 3.8) is 0 Å². The van der Waals surface area contributed by atoms with Crippen LogP contribution in [0.15, 0.2) is 35.5 Å². The molecule has 0 aliphatic rings. The summed E-state index contributed by atoms with van der Waals surface area (Å²) in [5, 5.41) is 2.91. The molecule has 1 rings (SSSR count). The Morgan fingerprint density at radius 1 is 1.27 bits per heavy atom. The van der Waals surface area contributed by atoms with E-state index in [1.165, 1.54) is 13.2 Å². The van der Waals surface area contributed by atoms with E-state index in [9.17, 15) is 14.4 Å². The fourth-order valence-electron chi connectivity index (χ4n) is 1.43. The fourth-order valence-corrected chi connectivity index (χ4v) is 2.00. The van der Waals surface area contributed by atoms with Gasteiger partial charge in [-0.2, -0.15) is 4.99 Å². The van der Waals surface area contributed by atoms with Crippen molar-refractivity contribution in [1.29, 1.82) is 0 Å².